The topological polar surface area (TPSA) is 125 Å². The minimum absolute atomic E-state index is 0.0139. The molecule has 0 aromatic heterocycles. The summed E-state index contributed by atoms with van der Waals surface area (Å²) in [6.07, 6.45) is 0. The molecule has 0 saturated heterocycles. The van der Waals surface area contributed by atoms with Gasteiger partial charge in [-0.3, -0.25) is 14.9 Å². The largest absolute Gasteiger partial charge is 0.460 e. The molecule has 130 valence electrons. The van der Waals surface area contributed by atoms with Gasteiger partial charge in [0.25, 0.3) is 5.69 Å². The molecule has 0 heterocycles. The summed E-state index contributed by atoms with van der Waals surface area (Å²) in [5, 5.41) is 13.8. The fourth-order valence-electron chi connectivity index (χ4n) is 1.98. The van der Waals surface area contributed by atoms with Crippen LogP contribution in [0.25, 0.3) is 0 Å². The van der Waals surface area contributed by atoms with E-state index in [1.54, 1.807) is 0 Å². The zero-order chi connectivity index (χ0) is 18.4. The standard InChI is InChI=1S/C16H14FN3O5/c17-12-4-1-10(2-5-12)16(22)25-8-7-19-13-6-3-11(15(18)21)9-14(13)20(23)24/h1-6,9,19H,7-8H2,(H2,18,21). The average molecular weight is 347 g/mol. The third kappa shape index (κ3) is 4.74. The fraction of sp³-hybridized carbons (Fsp3) is 0.125. The number of halogens is 1. The van der Waals surface area contributed by atoms with E-state index in [1.165, 1.54) is 24.3 Å². The predicted molar refractivity (Wildman–Crippen MR) is 86.8 cm³/mol. The lowest BCUT2D eigenvalue weighted by molar-refractivity contribution is -0.384. The molecule has 8 nitrogen and oxygen atoms in total. The maximum atomic E-state index is 12.8. The molecule has 0 aliphatic rings. The Morgan fingerprint density at radius 2 is 1.80 bits per heavy atom. The van der Waals surface area contributed by atoms with Crippen LogP contribution in [-0.4, -0.2) is 30.0 Å². The summed E-state index contributed by atoms with van der Waals surface area (Å²) in [5.41, 5.74) is 5.14. The number of esters is 1. The number of nitrogens with two attached hydrogens (primary N) is 1. The van der Waals surface area contributed by atoms with Crippen molar-refractivity contribution in [3.63, 3.8) is 0 Å². The number of benzene rings is 2. The average Bonchev–Trinajstić information content (AvgIpc) is 2.58. The van der Waals surface area contributed by atoms with E-state index in [0.29, 0.717) is 0 Å². The van der Waals surface area contributed by atoms with E-state index >= 15 is 0 Å². The number of hydrogen-bond acceptors (Lipinski definition) is 6. The highest BCUT2D eigenvalue weighted by Crippen LogP contribution is 2.25. The first-order chi connectivity index (χ1) is 11.9. The first-order valence-electron chi connectivity index (χ1n) is 7.13. The third-order valence-electron chi connectivity index (χ3n) is 3.21. The number of nitro groups is 1. The highest BCUT2D eigenvalue weighted by Gasteiger charge is 2.16. The Bertz CT molecular complexity index is 808. The number of primary amides is 1. The van der Waals surface area contributed by atoms with Crippen LogP contribution in [0.15, 0.2) is 42.5 Å². The van der Waals surface area contributed by atoms with Crippen LogP contribution >= 0.6 is 0 Å². The molecular weight excluding hydrogens is 333 g/mol. The van der Waals surface area contributed by atoms with Crippen molar-refractivity contribution in [1.82, 2.24) is 0 Å². The number of nitrogens with zero attached hydrogens (tertiary/aromatic N) is 1. The molecule has 0 unspecified atom stereocenters. The highest BCUT2D eigenvalue weighted by molar-refractivity contribution is 5.94. The van der Waals surface area contributed by atoms with Gasteiger partial charge < -0.3 is 15.8 Å². The molecule has 3 N–H and O–H groups in total. The van der Waals surface area contributed by atoms with Gasteiger partial charge in [-0.2, -0.15) is 0 Å². The number of nitro benzene ring substituents is 1. The summed E-state index contributed by atoms with van der Waals surface area (Å²) in [6.45, 7) is 0.0363. The van der Waals surface area contributed by atoms with Crippen molar-refractivity contribution in [2.75, 3.05) is 18.5 Å². The van der Waals surface area contributed by atoms with E-state index in [-0.39, 0.29) is 35.7 Å². The molecular formula is C16H14FN3O5. The second-order valence-electron chi connectivity index (χ2n) is 4.92. The molecule has 0 bridgehead atoms. The molecule has 0 aliphatic carbocycles. The van der Waals surface area contributed by atoms with Crippen LogP contribution in [0.2, 0.25) is 0 Å². The number of anilines is 1. The van der Waals surface area contributed by atoms with E-state index in [2.05, 4.69) is 5.32 Å². The number of hydrogen-bond donors (Lipinski definition) is 2. The van der Waals surface area contributed by atoms with E-state index in [1.807, 2.05) is 0 Å². The predicted octanol–water partition coefficient (Wildman–Crippen LogP) is 2.10. The molecule has 9 heteroatoms. The monoisotopic (exact) mass is 347 g/mol. The molecule has 0 saturated carbocycles. The van der Waals surface area contributed by atoms with Crippen molar-refractivity contribution in [2.24, 2.45) is 5.73 Å². The van der Waals surface area contributed by atoms with Crippen molar-refractivity contribution < 1.29 is 23.6 Å². The molecule has 25 heavy (non-hydrogen) atoms. The SMILES string of the molecule is NC(=O)c1ccc(NCCOC(=O)c2ccc(F)cc2)c([N+](=O)[O-])c1. The highest BCUT2D eigenvalue weighted by atomic mass is 19.1. The van der Waals surface area contributed by atoms with Crippen LogP contribution in [0.4, 0.5) is 15.8 Å². The number of carbonyl (C=O) groups is 2. The minimum atomic E-state index is -0.775. The van der Waals surface area contributed by atoms with Crippen LogP contribution in [-0.2, 0) is 4.74 Å². The summed E-state index contributed by atoms with van der Waals surface area (Å²) in [4.78, 5) is 33.2. The number of rotatable bonds is 7. The Kier molecular flexibility index (Phi) is 5.62. The fourth-order valence-corrected chi connectivity index (χ4v) is 1.98. The van der Waals surface area contributed by atoms with Gasteiger partial charge in [0.1, 0.15) is 18.1 Å². The molecule has 0 aliphatic heterocycles. The Balaban J connectivity index is 1.93. The van der Waals surface area contributed by atoms with Crippen LogP contribution in [0.1, 0.15) is 20.7 Å². The lowest BCUT2D eigenvalue weighted by Crippen LogP contribution is -2.15. The van der Waals surface area contributed by atoms with Crippen molar-refractivity contribution in [2.45, 2.75) is 0 Å². The molecule has 1 amide bonds. The quantitative estimate of drug-likeness (QED) is 0.342. The van der Waals surface area contributed by atoms with E-state index < -0.39 is 22.6 Å². The molecule has 0 atom stereocenters. The van der Waals surface area contributed by atoms with Gasteiger partial charge in [-0.1, -0.05) is 0 Å². The van der Waals surface area contributed by atoms with E-state index in [4.69, 9.17) is 10.5 Å². The van der Waals surface area contributed by atoms with Crippen LogP contribution in [0, 0.1) is 15.9 Å². The summed E-state index contributed by atoms with van der Waals surface area (Å²) in [6, 6.07) is 8.62. The maximum Gasteiger partial charge on any atom is 0.338 e. The molecule has 0 spiro atoms. The molecule has 2 aromatic carbocycles. The molecule has 0 fully saturated rings. The molecule has 2 aromatic rings. The Morgan fingerprint density at radius 3 is 2.40 bits per heavy atom. The van der Waals surface area contributed by atoms with Gasteiger partial charge in [0.05, 0.1) is 10.5 Å². The summed E-state index contributed by atoms with van der Waals surface area (Å²) < 4.78 is 17.8. The van der Waals surface area contributed by atoms with Crippen molar-refractivity contribution >= 4 is 23.3 Å². The van der Waals surface area contributed by atoms with Gasteiger partial charge in [0.2, 0.25) is 5.91 Å². The number of ether oxygens (including phenoxy) is 1. The van der Waals surface area contributed by atoms with Gasteiger partial charge in [-0.25, -0.2) is 9.18 Å². The maximum absolute atomic E-state index is 12.8. The Labute approximate surface area is 141 Å². The third-order valence-corrected chi connectivity index (χ3v) is 3.21. The van der Waals surface area contributed by atoms with Gasteiger partial charge in [0, 0.05) is 18.2 Å². The summed E-state index contributed by atoms with van der Waals surface area (Å²) in [7, 11) is 0. The van der Waals surface area contributed by atoms with Gasteiger partial charge in [-0.15, -0.1) is 0 Å². The zero-order valence-electron chi connectivity index (χ0n) is 12.9. The molecule has 0 radical (unpaired) electrons. The second kappa shape index (κ2) is 7.86. The van der Waals surface area contributed by atoms with Crippen molar-refractivity contribution in [3.8, 4) is 0 Å². The smallest absolute Gasteiger partial charge is 0.338 e. The van der Waals surface area contributed by atoms with E-state index in [9.17, 15) is 24.1 Å². The lowest BCUT2D eigenvalue weighted by atomic mass is 10.1. The lowest BCUT2D eigenvalue weighted by Gasteiger charge is -2.09. The van der Waals surface area contributed by atoms with Gasteiger partial charge in [-0.05, 0) is 36.4 Å². The van der Waals surface area contributed by atoms with Crippen molar-refractivity contribution in [3.05, 3.63) is 69.5 Å². The second-order valence-corrected chi connectivity index (χ2v) is 4.92. The van der Waals surface area contributed by atoms with Crippen molar-refractivity contribution in [1.29, 1.82) is 0 Å². The number of carbonyl (C=O) groups excluding carboxylic acids is 2. The molecule has 2 rings (SSSR count). The first kappa shape index (κ1) is 17.9. The first-order valence-corrected chi connectivity index (χ1v) is 7.13. The van der Waals surface area contributed by atoms with Crippen LogP contribution in [0.5, 0.6) is 0 Å². The summed E-state index contributed by atoms with van der Waals surface area (Å²) in [5.74, 6) is -1.88. The van der Waals surface area contributed by atoms with E-state index in [0.717, 1.165) is 18.2 Å². The normalized spacial score (nSPS) is 10.1. The Morgan fingerprint density at radius 1 is 1.16 bits per heavy atom. The summed E-state index contributed by atoms with van der Waals surface area (Å²) >= 11 is 0. The van der Waals surface area contributed by atoms with Crippen LogP contribution < -0.4 is 11.1 Å². The number of nitrogens with one attached hydrogen (secondary N) is 1. The van der Waals surface area contributed by atoms with Gasteiger partial charge >= 0.3 is 5.97 Å². The minimum Gasteiger partial charge on any atom is -0.460 e. The number of amides is 1. The zero-order valence-corrected chi connectivity index (χ0v) is 12.9. The Hall–Kier alpha value is -3.49. The van der Waals surface area contributed by atoms with Gasteiger partial charge in [0.15, 0.2) is 0 Å². The van der Waals surface area contributed by atoms with Crippen LogP contribution in [0.3, 0.4) is 0 Å².